The average molecular weight is 284 g/mol. The van der Waals surface area contributed by atoms with Crippen LogP contribution in [0.25, 0.3) is 0 Å². The summed E-state index contributed by atoms with van der Waals surface area (Å²) in [5.41, 5.74) is 5.99. The zero-order chi connectivity index (χ0) is 9.30. The maximum atomic E-state index is 12.3. The van der Waals surface area contributed by atoms with E-state index < -0.39 is 6.43 Å². The van der Waals surface area contributed by atoms with E-state index in [-0.39, 0.29) is 5.56 Å². The normalized spacial score (nSPS) is 10.8. The van der Waals surface area contributed by atoms with E-state index in [0.29, 0.717) is 15.0 Å². The molecule has 1 heterocycles. The fraction of sp³-hybridized carbons (Fsp3) is 0.286. The van der Waals surface area contributed by atoms with Gasteiger partial charge in [-0.3, -0.25) is 0 Å². The highest BCUT2D eigenvalue weighted by atomic mass is 127. The Morgan fingerprint density at radius 2 is 2.17 bits per heavy atom. The number of alkyl halides is 2. The van der Waals surface area contributed by atoms with Gasteiger partial charge in [0.05, 0.1) is 0 Å². The Hall–Kier alpha value is -0.460. The SMILES string of the molecule is Cc1c(N)ncc(C(F)F)c1I. The molecule has 1 aromatic rings. The lowest BCUT2D eigenvalue weighted by Crippen LogP contribution is -2.00. The third kappa shape index (κ3) is 1.65. The Morgan fingerprint density at radius 1 is 1.58 bits per heavy atom. The van der Waals surface area contributed by atoms with Gasteiger partial charge in [-0.15, -0.1) is 0 Å². The van der Waals surface area contributed by atoms with E-state index in [9.17, 15) is 8.78 Å². The lowest BCUT2D eigenvalue weighted by atomic mass is 10.2. The molecule has 66 valence electrons. The minimum atomic E-state index is -2.48. The first-order chi connectivity index (χ1) is 5.54. The van der Waals surface area contributed by atoms with E-state index in [1.807, 2.05) is 22.6 Å². The quantitative estimate of drug-likeness (QED) is 0.805. The van der Waals surface area contributed by atoms with Crippen LogP contribution in [0.2, 0.25) is 0 Å². The predicted molar refractivity (Wildman–Crippen MR) is 51.1 cm³/mol. The summed E-state index contributed by atoms with van der Waals surface area (Å²) in [5.74, 6) is 0.309. The molecule has 1 aromatic heterocycles. The van der Waals surface area contributed by atoms with Gasteiger partial charge in [-0.2, -0.15) is 0 Å². The molecule has 0 radical (unpaired) electrons. The van der Waals surface area contributed by atoms with Gasteiger partial charge in [0.2, 0.25) is 0 Å². The number of anilines is 1. The lowest BCUT2D eigenvalue weighted by Gasteiger charge is -2.06. The summed E-state index contributed by atoms with van der Waals surface area (Å²) in [4.78, 5) is 3.65. The number of pyridine rings is 1. The van der Waals surface area contributed by atoms with Gasteiger partial charge in [-0.1, -0.05) is 0 Å². The molecular formula is C7H7F2IN2. The Morgan fingerprint density at radius 3 is 2.67 bits per heavy atom. The third-order valence-corrected chi connectivity index (χ3v) is 2.98. The van der Waals surface area contributed by atoms with Crippen molar-refractivity contribution in [3.63, 3.8) is 0 Å². The van der Waals surface area contributed by atoms with Crippen molar-refractivity contribution in [3.8, 4) is 0 Å². The average Bonchev–Trinajstić information content (AvgIpc) is 2.00. The fourth-order valence-corrected chi connectivity index (χ4v) is 1.42. The minimum absolute atomic E-state index is 0.0534. The summed E-state index contributed by atoms with van der Waals surface area (Å²) in [7, 11) is 0. The number of hydrogen-bond donors (Lipinski definition) is 1. The van der Waals surface area contributed by atoms with E-state index in [2.05, 4.69) is 4.98 Å². The number of aromatic nitrogens is 1. The first kappa shape index (κ1) is 9.63. The minimum Gasteiger partial charge on any atom is -0.383 e. The van der Waals surface area contributed by atoms with Crippen molar-refractivity contribution >= 4 is 28.4 Å². The number of nitrogen functional groups attached to an aromatic ring is 1. The van der Waals surface area contributed by atoms with Crippen molar-refractivity contribution < 1.29 is 8.78 Å². The van der Waals surface area contributed by atoms with Gasteiger partial charge in [-0.05, 0) is 29.5 Å². The molecule has 2 nitrogen and oxygen atoms in total. The highest BCUT2D eigenvalue weighted by molar-refractivity contribution is 14.1. The Balaban J connectivity index is 3.27. The van der Waals surface area contributed by atoms with Gasteiger partial charge < -0.3 is 5.73 Å². The number of rotatable bonds is 1. The molecule has 0 atom stereocenters. The molecule has 0 aliphatic heterocycles. The van der Waals surface area contributed by atoms with Crippen LogP contribution in [-0.4, -0.2) is 4.98 Å². The van der Waals surface area contributed by atoms with Gasteiger partial charge in [0.1, 0.15) is 5.82 Å². The summed E-state index contributed by atoms with van der Waals surface area (Å²) in [6.07, 6.45) is -1.36. The lowest BCUT2D eigenvalue weighted by molar-refractivity contribution is 0.150. The standard InChI is InChI=1S/C7H7F2IN2/c1-3-5(10)4(6(8)9)2-12-7(3)11/h2,6H,1H3,(H2,11,12). The molecule has 0 unspecified atom stereocenters. The molecule has 0 bridgehead atoms. The number of hydrogen-bond acceptors (Lipinski definition) is 2. The monoisotopic (exact) mass is 284 g/mol. The molecular weight excluding hydrogens is 277 g/mol. The van der Waals surface area contributed by atoms with E-state index >= 15 is 0 Å². The van der Waals surface area contributed by atoms with Crippen molar-refractivity contribution in [1.29, 1.82) is 0 Å². The Bertz CT molecular complexity index is 302. The molecule has 2 N–H and O–H groups in total. The molecule has 0 spiro atoms. The number of halogens is 3. The summed E-state index contributed by atoms with van der Waals surface area (Å²) in [5, 5.41) is 0. The third-order valence-electron chi connectivity index (χ3n) is 1.54. The first-order valence-electron chi connectivity index (χ1n) is 3.22. The van der Waals surface area contributed by atoms with Crippen molar-refractivity contribution in [1.82, 2.24) is 4.98 Å². The predicted octanol–water partition coefficient (Wildman–Crippen LogP) is 2.51. The van der Waals surface area contributed by atoms with Crippen molar-refractivity contribution in [2.75, 3.05) is 5.73 Å². The van der Waals surface area contributed by atoms with E-state index in [1.165, 1.54) is 0 Å². The highest BCUT2D eigenvalue weighted by Crippen LogP contribution is 2.27. The molecule has 0 aliphatic rings. The molecule has 0 saturated heterocycles. The summed E-state index contributed by atoms with van der Waals surface area (Å²) < 4.78 is 25.0. The zero-order valence-corrected chi connectivity index (χ0v) is 8.47. The smallest absolute Gasteiger partial charge is 0.266 e. The Kier molecular flexibility index (Phi) is 2.81. The van der Waals surface area contributed by atoms with Crippen LogP contribution >= 0.6 is 22.6 Å². The van der Waals surface area contributed by atoms with Gasteiger partial charge in [0.15, 0.2) is 0 Å². The largest absolute Gasteiger partial charge is 0.383 e. The van der Waals surface area contributed by atoms with Crippen LogP contribution in [0.3, 0.4) is 0 Å². The second kappa shape index (κ2) is 3.51. The fourth-order valence-electron chi connectivity index (χ4n) is 0.774. The molecule has 0 aromatic carbocycles. The summed E-state index contributed by atoms with van der Waals surface area (Å²) in [6, 6.07) is 0. The van der Waals surface area contributed by atoms with Crippen LogP contribution in [0.15, 0.2) is 6.20 Å². The zero-order valence-electron chi connectivity index (χ0n) is 6.31. The van der Waals surface area contributed by atoms with Crippen molar-refractivity contribution in [2.24, 2.45) is 0 Å². The van der Waals surface area contributed by atoms with Crippen LogP contribution in [0.1, 0.15) is 17.6 Å². The Labute approximate surface area is 82.3 Å². The number of nitrogens with two attached hydrogens (primary N) is 1. The van der Waals surface area contributed by atoms with Crippen LogP contribution in [0.5, 0.6) is 0 Å². The maximum absolute atomic E-state index is 12.3. The second-order valence-corrected chi connectivity index (χ2v) is 3.42. The maximum Gasteiger partial charge on any atom is 0.266 e. The van der Waals surface area contributed by atoms with Crippen molar-refractivity contribution in [3.05, 3.63) is 20.9 Å². The van der Waals surface area contributed by atoms with Crippen LogP contribution < -0.4 is 5.73 Å². The topological polar surface area (TPSA) is 38.9 Å². The highest BCUT2D eigenvalue weighted by Gasteiger charge is 2.14. The van der Waals surface area contributed by atoms with E-state index in [1.54, 1.807) is 6.92 Å². The molecule has 0 amide bonds. The summed E-state index contributed by atoms with van der Waals surface area (Å²) in [6.45, 7) is 1.68. The molecule has 0 aliphatic carbocycles. The van der Waals surface area contributed by atoms with Crippen LogP contribution in [-0.2, 0) is 0 Å². The van der Waals surface area contributed by atoms with Gasteiger partial charge in [-0.25, -0.2) is 13.8 Å². The molecule has 0 saturated carbocycles. The van der Waals surface area contributed by atoms with Crippen molar-refractivity contribution in [2.45, 2.75) is 13.3 Å². The first-order valence-corrected chi connectivity index (χ1v) is 4.30. The van der Waals surface area contributed by atoms with E-state index in [0.717, 1.165) is 6.20 Å². The molecule has 5 heteroatoms. The van der Waals surface area contributed by atoms with E-state index in [4.69, 9.17) is 5.73 Å². The molecule has 12 heavy (non-hydrogen) atoms. The molecule has 1 rings (SSSR count). The second-order valence-electron chi connectivity index (χ2n) is 2.34. The van der Waals surface area contributed by atoms with Crippen LogP contribution in [0, 0.1) is 10.5 Å². The van der Waals surface area contributed by atoms with Gasteiger partial charge >= 0.3 is 0 Å². The van der Waals surface area contributed by atoms with Gasteiger partial charge in [0, 0.05) is 20.9 Å². The summed E-state index contributed by atoms with van der Waals surface area (Å²) >= 11 is 1.85. The molecule has 0 fully saturated rings. The van der Waals surface area contributed by atoms with Crippen LogP contribution in [0.4, 0.5) is 14.6 Å². The number of nitrogens with zero attached hydrogens (tertiary/aromatic N) is 1. The van der Waals surface area contributed by atoms with Gasteiger partial charge in [0.25, 0.3) is 6.43 Å².